The Bertz CT molecular complexity index is 1490. The van der Waals surface area contributed by atoms with Crippen molar-refractivity contribution in [1.29, 1.82) is 0 Å². The van der Waals surface area contributed by atoms with Gasteiger partial charge in [-0.15, -0.1) is 0 Å². The highest BCUT2D eigenvalue weighted by atomic mass is 16.6. The first-order chi connectivity index (χ1) is 34.5. The number of hydrogen-bond donors (Lipinski definition) is 0. The molecule has 1 unspecified atom stereocenters. The molecule has 0 aromatic heterocycles. The second kappa shape index (κ2) is 57.4. The SMILES string of the molecule is CC/C=C\C/C=C\C/C=C\C/C=C\C/C=C\C/C=C\C/C=C\C/C=C\C/C=C\CCCC(=O)OCC(COC(=O)CCCCCCC/C=C\CCCC)OC(=O)CCCCCCCCCCCCCC. The number of esters is 3. The van der Waals surface area contributed by atoms with E-state index in [0.717, 1.165) is 116 Å². The van der Waals surface area contributed by atoms with Gasteiger partial charge in [0.05, 0.1) is 0 Å². The molecule has 0 rings (SSSR count). The minimum absolute atomic E-state index is 0.101. The summed E-state index contributed by atoms with van der Waals surface area (Å²) >= 11 is 0. The zero-order valence-electron chi connectivity index (χ0n) is 45.2. The van der Waals surface area contributed by atoms with Gasteiger partial charge >= 0.3 is 17.9 Å². The van der Waals surface area contributed by atoms with Gasteiger partial charge in [0, 0.05) is 19.3 Å². The van der Waals surface area contributed by atoms with Crippen LogP contribution in [-0.4, -0.2) is 37.2 Å². The van der Waals surface area contributed by atoms with Gasteiger partial charge in [-0.25, -0.2) is 0 Å². The van der Waals surface area contributed by atoms with Crippen molar-refractivity contribution in [3.8, 4) is 0 Å². The Morgan fingerprint density at radius 3 is 0.986 bits per heavy atom. The number of carbonyl (C=O) groups is 3. The summed E-state index contributed by atoms with van der Waals surface area (Å²) in [6.45, 7) is 6.42. The van der Waals surface area contributed by atoms with Crippen LogP contribution < -0.4 is 0 Å². The first-order valence-corrected chi connectivity index (χ1v) is 28.5. The molecular weight excluding hydrogens is 865 g/mol. The normalized spacial score (nSPS) is 13.0. The summed E-state index contributed by atoms with van der Waals surface area (Å²) in [6.07, 6.45) is 79.2. The van der Waals surface area contributed by atoms with Crippen LogP contribution in [-0.2, 0) is 28.6 Å². The monoisotopic (exact) mass is 969 g/mol. The first kappa shape index (κ1) is 65.8. The molecule has 0 aromatic carbocycles. The summed E-state index contributed by atoms with van der Waals surface area (Å²) in [5.74, 6) is -0.975. The molecule has 0 heterocycles. The molecule has 6 heteroatoms. The molecule has 396 valence electrons. The van der Waals surface area contributed by atoms with E-state index < -0.39 is 6.10 Å². The van der Waals surface area contributed by atoms with Gasteiger partial charge in [-0.3, -0.25) is 14.4 Å². The minimum atomic E-state index is -0.804. The van der Waals surface area contributed by atoms with Crippen LogP contribution in [0.15, 0.2) is 122 Å². The molecule has 0 aliphatic heterocycles. The molecule has 0 aromatic rings. The van der Waals surface area contributed by atoms with Gasteiger partial charge < -0.3 is 14.2 Å². The van der Waals surface area contributed by atoms with Gasteiger partial charge in [-0.05, 0) is 103 Å². The standard InChI is InChI=1S/C64H104O6/c1-4-7-10-13-16-19-22-24-25-26-27-28-29-30-31-32-33-34-35-36-37-38-39-40-43-45-48-51-54-57-63(66)69-60-61(59-68-62(65)56-53-50-47-44-41-21-18-15-12-9-6-3)70-64(67)58-55-52-49-46-42-23-20-17-14-11-8-5-2/h7,10,15-16,18-19,24-25,27-28,30-31,33-34,36-37,39-40,45,48,61H,4-6,8-9,11-14,17,20-23,26,29,32,35,38,41-44,46-47,49-60H2,1-3H3/b10-7-,18-15-,19-16-,25-24-,28-27-,31-30-,34-33-,37-36-,40-39-,48-45-. The van der Waals surface area contributed by atoms with Crippen LogP contribution in [0.2, 0.25) is 0 Å². The Morgan fingerprint density at radius 1 is 0.300 bits per heavy atom. The van der Waals surface area contributed by atoms with Crippen molar-refractivity contribution in [2.45, 2.75) is 252 Å². The minimum Gasteiger partial charge on any atom is -0.462 e. The average molecular weight is 970 g/mol. The molecule has 6 nitrogen and oxygen atoms in total. The van der Waals surface area contributed by atoms with E-state index in [9.17, 15) is 14.4 Å². The summed E-state index contributed by atoms with van der Waals surface area (Å²) in [6, 6.07) is 0. The smallest absolute Gasteiger partial charge is 0.306 e. The van der Waals surface area contributed by atoms with Crippen molar-refractivity contribution >= 4 is 17.9 Å². The lowest BCUT2D eigenvalue weighted by molar-refractivity contribution is -0.167. The third kappa shape index (κ3) is 54.7. The predicted octanol–water partition coefficient (Wildman–Crippen LogP) is 19.3. The Morgan fingerprint density at radius 2 is 0.586 bits per heavy atom. The molecule has 0 aliphatic rings. The number of hydrogen-bond acceptors (Lipinski definition) is 6. The highest BCUT2D eigenvalue weighted by Crippen LogP contribution is 2.14. The number of unbranched alkanes of at least 4 members (excludes halogenated alkanes) is 19. The highest BCUT2D eigenvalue weighted by molar-refractivity contribution is 5.71. The maximum atomic E-state index is 12.8. The maximum absolute atomic E-state index is 12.8. The Kier molecular flexibility index (Phi) is 54.0. The number of ether oxygens (including phenoxy) is 3. The van der Waals surface area contributed by atoms with E-state index in [1.807, 2.05) is 0 Å². The second-order valence-electron chi connectivity index (χ2n) is 18.5. The fourth-order valence-electron chi connectivity index (χ4n) is 7.42. The molecule has 0 aliphatic carbocycles. The lowest BCUT2D eigenvalue weighted by Gasteiger charge is -2.18. The van der Waals surface area contributed by atoms with Crippen molar-refractivity contribution in [3.05, 3.63) is 122 Å². The van der Waals surface area contributed by atoms with Crippen LogP contribution in [0.1, 0.15) is 245 Å². The number of allylic oxidation sites excluding steroid dienone is 20. The Balaban J connectivity index is 4.37. The zero-order valence-corrected chi connectivity index (χ0v) is 45.2. The van der Waals surface area contributed by atoms with Gasteiger partial charge in [0.15, 0.2) is 6.10 Å². The maximum Gasteiger partial charge on any atom is 0.306 e. The molecule has 70 heavy (non-hydrogen) atoms. The van der Waals surface area contributed by atoms with Crippen LogP contribution in [0.3, 0.4) is 0 Å². The fourth-order valence-corrected chi connectivity index (χ4v) is 7.42. The van der Waals surface area contributed by atoms with Crippen molar-refractivity contribution in [1.82, 2.24) is 0 Å². The van der Waals surface area contributed by atoms with Crippen LogP contribution in [0.25, 0.3) is 0 Å². The highest BCUT2D eigenvalue weighted by Gasteiger charge is 2.19. The van der Waals surface area contributed by atoms with E-state index in [1.165, 1.54) is 83.5 Å². The molecular formula is C64H104O6. The van der Waals surface area contributed by atoms with Gasteiger partial charge in [0.2, 0.25) is 0 Å². The first-order valence-electron chi connectivity index (χ1n) is 28.5. The molecule has 0 spiro atoms. The third-order valence-electron chi connectivity index (χ3n) is 11.7. The molecule has 0 radical (unpaired) electrons. The summed E-state index contributed by atoms with van der Waals surface area (Å²) < 4.78 is 16.7. The quantitative estimate of drug-likeness (QED) is 0.0262. The Labute approximate surface area is 431 Å². The van der Waals surface area contributed by atoms with Crippen molar-refractivity contribution < 1.29 is 28.6 Å². The van der Waals surface area contributed by atoms with Crippen LogP contribution in [0, 0.1) is 0 Å². The summed E-state index contributed by atoms with van der Waals surface area (Å²) in [4.78, 5) is 38.0. The molecule has 0 N–H and O–H groups in total. The average Bonchev–Trinajstić information content (AvgIpc) is 3.36. The molecule has 0 bridgehead atoms. The molecule has 0 amide bonds. The van der Waals surface area contributed by atoms with E-state index in [2.05, 4.69) is 142 Å². The van der Waals surface area contributed by atoms with Crippen LogP contribution in [0.5, 0.6) is 0 Å². The van der Waals surface area contributed by atoms with Gasteiger partial charge in [0.1, 0.15) is 13.2 Å². The lowest BCUT2D eigenvalue weighted by Crippen LogP contribution is -2.30. The molecule has 0 saturated carbocycles. The lowest BCUT2D eigenvalue weighted by atomic mass is 10.0. The fraction of sp³-hybridized carbons (Fsp3) is 0.641. The molecule has 0 fully saturated rings. The van der Waals surface area contributed by atoms with E-state index in [1.54, 1.807) is 0 Å². The number of rotatable bonds is 50. The van der Waals surface area contributed by atoms with Crippen molar-refractivity contribution in [3.63, 3.8) is 0 Å². The van der Waals surface area contributed by atoms with Crippen molar-refractivity contribution in [2.75, 3.05) is 13.2 Å². The summed E-state index contributed by atoms with van der Waals surface area (Å²) in [5.41, 5.74) is 0. The van der Waals surface area contributed by atoms with Gasteiger partial charge in [0.25, 0.3) is 0 Å². The van der Waals surface area contributed by atoms with E-state index >= 15 is 0 Å². The van der Waals surface area contributed by atoms with E-state index in [-0.39, 0.29) is 37.5 Å². The van der Waals surface area contributed by atoms with E-state index in [4.69, 9.17) is 14.2 Å². The topological polar surface area (TPSA) is 78.9 Å². The predicted molar refractivity (Wildman–Crippen MR) is 302 cm³/mol. The number of carbonyl (C=O) groups excluding carboxylic acids is 3. The van der Waals surface area contributed by atoms with Gasteiger partial charge in [-0.2, -0.15) is 0 Å². The summed E-state index contributed by atoms with van der Waals surface area (Å²) in [7, 11) is 0. The zero-order chi connectivity index (χ0) is 50.7. The Hall–Kier alpha value is -4.19. The van der Waals surface area contributed by atoms with Crippen LogP contribution >= 0.6 is 0 Å². The van der Waals surface area contributed by atoms with Gasteiger partial charge in [-0.1, -0.05) is 245 Å². The largest absolute Gasteiger partial charge is 0.462 e. The van der Waals surface area contributed by atoms with Crippen LogP contribution in [0.4, 0.5) is 0 Å². The third-order valence-corrected chi connectivity index (χ3v) is 11.7. The second-order valence-corrected chi connectivity index (χ2v) is 18.5. The summed E-state index contributed by atoms with van der Waals surface area (Å²) in [5, 5.41) is 0. The molecule has 0 saturated heterocycles. The van der Waals surface area contributed by atoms with E-state index in [0.29, 0.717) is 19.3 Å². The van der Waals surface area contributed by atoms with Crippen molar-refractivity contribution in [2.24, 2.45) is 0 Å². The molecule has 1 atom stereocenters.